The van der Waals surface area contributed by atoms with Crippen molar-refractivity contribution in [1.82, 2.24) is 10.6 Å². The second kappa shape index (κ2) is 19.5. The van der Waals surface area contributed by atoms with Crippen molar-refractivity contribution in [2.45, 2.75) is 121 Å². The quantitative estimate of drug-likeness (QED) is 0.0986. The van der Waals surface area contributed by atoms with Gasteiger partial charge in [-0.25, -0.2) is 4.79 Å². The predicted octanol–water partition coefficient (Wildman–Crippen LogP) is 5.12. The van der Waals surface area contributed by atoms with Crippen LogP contribution in [0.4, 0.5) is 0 Å². The molecule has 4 rings (SSSR count). The van der Waals surface area contributed by atoms with Crippen molar-refractivity contribution >= 4 is 23.9 Å². The Balaban J connectivity index is 1.57. The maximum atomic E-state index is 13.7. The number of hydrogen-bond donors (Lipinski definition) is 5. The molecule has 278 valence electrons. The van der Waals surface area contributed by atoms with E-state index in [0.717, 1.165) is 49.7 Å². The fourth-order valence-corrected chi connectivity index (χ4v) is 6.51. The van der Waals surface area contributed by atoms with Gasteiger partial charge in [-0.15, -0.1) is 0 Å². The van der Waals surface area contributed by atoms with Crippen LogP contribution in [0.5, 0.6) is 5.75 Å². The minimum atomic E-state index is -1.27. The van der Waals surface area contributed by atoms with Gasteiger partial charge in [0.15, 0.2) is 5.79 Å². The van der Waals surface area contributed by atoms with Crippen LogP contribution < -0.4 is 10.6 Å². The van der Waals surface area contributed by atoms with E-state index < -0.39 is 54.0 Å². The number of ether oxygens (including phenoxy) is 3. The molecular weight excluding hydrogens is 652 g/mol. The van der Waals surface area contributed by atoms with Crippen molar-refractivity contribution in [3.8, 4) is 5.75 Å². The van der Waals surface area contributed by atoms with Gasteiger partial charge in [-0.05, 0) is 61.6 Å². The van der Waals surface area contributed by atoms with Crippen molar-refractivity contribution in [3.63, 3.8) is 0 Å². The number of unbranched alkanes of at least 4 members (excludes halogenated alkanes) is 4. The lowest BCUT2D eigenvalue weighted by Crippen LogP contribution is -2.54. The molecule has 2 aliphatic rings. The molecule has 0 spiro atoms. The second-order valence-electron chi connectivity index (χ2n) is 13.4. The van der Waals surface area contributed by atoms with Crippen LogP contribution in [-0.2, 0) is 30.2 Å². The first-order chi connectivity index (χ1) is 24.6. The van der Waals surface area contributed by atoms with E-state index in [9.17, 15) is 24.6 Å². The maximum absolute atomic E-state index is 13.7. The summed E-state index contributed by atoms with van der Waals surface area (Å²) >= 11 is 0. The first-order valence-corrected chi connectivity index (χ1v) is 18.3. The molecule has 0 unspecified atom stereocenters. The van der Waals surface area contributed by atoms with Crippen molar-refractivity contribution < 1.29 is 43.9 Å². The highest BCUT2D eigenvalue weighted by Gasteiger charge is 2.52. The average Bonchev–Trinajstić information content (AvgIpc) is 3.49. The van der Waals surface area contributed by atoms with Gasteiger partial charge < -0.3 is 40.2 Å². The van der Waals surface area contributed by atoms with Crippen LogP contribution in [-0.4, -0.2) is 82.5 Å². The second-order valence-corrected chi connectivity index (χ2v) is 13.4. The van der Waals surface area contributed by atoms with E-state index in [0.29, 0.717) is 24.8 Å². The summed E-state index contributed by atoms with van der Waals surface area (Å²) in [6, 6.07) is 12.9. The minimum absolute atomic E-state index is 0.00699. The Kier molecular flexibility index (Phi) is 15.2. The number of aromatic hydroxyl groups is 1. The number of hydrogen-bond acceptors (Lipinski definition) is 9. The van der Waals surface area contributed by atoms with Crippen LogP contribution in [0.3, 0.4) is 0 Å². The summed E-state index contributed by atoms with van der Waals surface area (Å²) in [7, 11) is 0. The van der Waals surface area contributed by atoms with Crippen molar-refractivity contribution in [1.29, 1.82) is 0 Å². The number of benzene rings is 2. The number of esters is 1. The SMILES string of the molecule is CCCCCC1(CCCCC)O[C@@H]2[C@@H](C=C(C(=O)N[C@@H](C(=O)NCCO)[C@H](C)O)C[C@H]2OC(=O)c2cccc(C=CCc3ccccc3O)c2)O1. The molecule has 11 heteroatoms. The molecule has 2 aromatic carbocycles. The number of carbonyl (C=O) groups is 3. The zero-order valence-corrected chi connectivity index (χ0v) is 30.0. The topological polar surface area (TPSA) is 164 Å². The van der Waals surface area contributed by atoms with E-state index in [1.807, 2.05) is 30.4 Å². The van der Waals surface area contributed by atoms with E-state index in [1.165, 1.54) is 6.92 Å². The molecular formula is C40H54N2O9. The Hall–Kier alpha value is -4.03. The lowest BCUT2D eigenvalue weighted by atomic mass is 9.91. The Morgan fingerprint density at radius 2 is 1.75 bits per heavy atom. The fourth-order valence-electron chi connectivity index (χ4n) is 6.51. The number of phenolic OH excluding ortho intramolecular Hbond substituents is 1. The molecule has 2 aromatic rings. The first kappa shape index (κ1) is 39.8. The number of rotatable bonds is 19. The van der Waals surface area contributed by atoms with Crippen LogP contribution in [0.2, 0.25) is 0 Å². The van der Waals surface area contributed by atoms with Crippen molar-refractivity contribution in [2.75, 3.05) is 13.2 Å². The van der Waals surface area contributed by atoms with Gasteiger partial charge in [0.25, 0.3) is 0 Å². The van der Waals surface area contributed by atoms with Gasteiger partial charge in [-0.3, -0.25) is 9.59 Å². The standard InChI is InChI=1S/C40H54N2O9/c1-4-6-10-20-40(21-11-7-5-2)50-34-26-31(37(46)42-35(27(3)44)38(47)41-22-23-43)25-33(36(34)51-40)49-39(48)30-18-13-15-28(24-30)14-12-17-29-16-8-9-19-32(29)45/h8-9,12-16,18-19,24,26-27,33-36,43-45H,4-7,10-11,17,20-23,25H2,1-3H3,(H,41,47)(H,42,46)/t27-,33+,34+,35+,36-/m0/s1. The van der Waals surface area contributed by atoms with Crippen LogP contribution in [0, 0.1) is 0 Å². The summed E-state index contributed by atoms with van der Waals surface area (Å²) in [6.45, 7) is 5.34. The van der Waals surface area contributed by atoms with Crippen molar-refractivity contribution in [2.24, 2.45) is 0 Å². The largest absolute Gasteiger partial charge is 0.508 e. The average molecular weight is 707 g/mol. The first-order valence-electron chi connectivity index (χ1n) is 18.3. The molecule has 5 N–H and O–H groups in total. The number of nitrogens with one attached hydrogen (secondary N) is 2. The number of aliphatic hydroxyl groups excluding tert-OH is 2. The molecule has 0 saturated carbocycles. The highest BCUT2D eigenvalue weighted by molar-refractivity contribution is 5.97. The Bertz CT molecular complexity index is 1510. The molecule has 5 atom stereocenters. The van der Waals surface area contributed by atoms with Crippen LogP contribution in [0.25, 0.3) is 6.08 Å². The van der Waals surface area contributed by atoms with Gasteiger partial charge in [0, 0.05) is 31.4 Å². The third-order valence-corrected chi connectivity index (χ3v) is 9.28. The summed E-state index contributed by atoms with van der Waals surface area (Å²) in [5, 5.41) is 34.6. The molecule has 0 bridgehead atoms. The van der Waals surface area contributed by atoms with Gasteiger partial charge in [0.05, 0.1) is 18.3 Å². The summed E-state index contributed by atoms with van der Waals surface area (Å²) in [6.07, 6.45) is 9.76. The third kappa shape index (κ3) is 11.2. The van der Waals surface area contributed by atoms with Crippen molar-refractivity contribution in [3.05, 3.63) is 82.9 Å². The highest BCUT2D eigenvalue weighted by Crippen LogP contribution is 2.43. The minimum Gasteiger partial charge on any atom is -0.508 e. The molecule has 1 heterocycles. The lowest BCUT2D eigenvalue weighted by molar-refractivity contribution is -0.190. The van der Waals surface area contributed by atoms with Gasteiger partial charge in [-0.1, -0.05) is 82.0 Å². The number of para-hydroxylation sites is 1. The predicted molar refractivity (Wildman–Crippen MR) is 194 cm³/mol. The molecule has 2 amide bonds. The van der Waals surface area contributed by atoms with E-state index in [1.54, 1.807) is 36.4 Å². The molecule has 1 saturated heterocycles. The zero-order chi connectivity index (χ0) is 36.8. The van der Waals surface area contributed by atoms with Gasteiger partial charge in [0.1, 0.15) is 30.1 Å². The van der Waals surface area contributed by atoms with E-state index in [4.69, 9.17) is 19.3 Å². The normalized spacial score (nSPS) is 20.6. The summed E-state index contributed by atoms with van der Waals surface area (Å²) in [4.78, 5) is 40.0. The summed E-state index contributed by atoms with van der Waals surface area (Å²) in [5.41, 5.74) is 2.13. The fraction of sp³-hybridized carbons (Fsp3) is 0.525. The van der Waals surface area contributed by atoms with Crippen LogP contribution in [0.15, 0.2) is 66.3 Å². The van der Waals surface area contributed by atoms with Crippen LogP contribution in [0.1, 0.15) is 100 Å². The van der Waals surface area contributed by atoms with Gasteiger partial charge in [0.2, 0.25) is 11.8 Å². The number of phenols is 1. The number of amides is 2. The number of fused-ring (bicyclic) bond motifs is 1. The Morgan fingerprint density at radius 1 is 1.02 bits per heavy atom. The van der Waals surface area contributed by atoms with E-state index in [2.05, 4.69) is 24.5 Å². The summed E-state index contributed by atoms with van der Waals surface area (Å²) in [5.74, 6) is -2.49. The smallest absolute Gasteiger partial charge is 0.338 e. The van der Waals surface area contributed by atoms with Gasteiger partial charge >= 0.3 is 5.97 Å². The zero-order valence-electron chi connectivity index (χ0n) is 30.0. The Morgan fingerprint density at radius 3 is 2.41 bits per heavy atom. The van der Waals surface area contributed by atoms with E-state index in [-0.39, 0.29) is 30.9 Å². The van der Waals surface area contributed by atoms with E-state index >= 15 is 0 Å². The molecule has 0 aromatic heterocycles. The third-order valence-electron chi connectivity index (χ3n) is 9.28. The number of allylic oxidation sites excluding steroid dienone is 1. The summed E-state index contributed by atoms with van der Waals surface area (Å²) < 4.78 is 19.5. The molecule has 1 aliphatic carbocycles. The molecule has 1 aliphatic heterocycles. The highest BCUT2D eigenvalue weighted by atomic mass is 16.8. The molecule has 11 nitrogen and oxygen atoms in total. The monoisotopic (exact) mass is 706 g/mol. The molecule has 0 radical (unpaired) electrons. The van der Waals surface area contributed by atoms with Crippen LogP contribution >= 0.6 is 0 Å². The number of carbonyl (C=O) groups excluding carboxylic acids is 3. The molecule has 1 fully saturated rings. The Labute approximate surface area is 301 Å². The molecule has 51 heavy (non-hydrogen) atoms. The lowest BCUT2D eigenvalue weighted by Gasteiger charge is -2.31. The van der Waals surface area contributed by atoms with Gasteiger partial charge in [-0.2, -0.15) is 0 Å². The maximum Gasteiger partial charge on any atom is 0.338 e. The number of aliphatic hydroxyl groups is 2.